The summed E-state index contributed by atoms with van der Waals surface area (Å²) in [6.07, 6.45) is 2.91. The van der Waals surface area contributed by atoms with Crippen LogP contribution in [-0.2, 0) is 23.4 Å². The number of aryl methyl sites for hydroxylation is 1. The van der Waals surface area contributed by atoms with E-state index in [-0.39, 0.29) is 6.04 Å². The molecule has 1 fully saturated rings. The fraction of sp³-hybridized carbons (Fsp3) is 0.778. The van der Waals surface area contributed by atoms with E-state index in [2.05, 4.69) is 15.4 Å². The molecule has 0 radical (unpaired) electrons. The first-order chi connectivity index (χ1) is 7.57. The number of nitrogens with one attached hydrogen (secondary N) is 1. The molecule has 0 saturated carbocycles. The predicted molar refractivity (Wildman–Crippen MR) is 59.5 cm³/mol. The Balaban J connectivity index is 1.82. The zero-order chi connectivity index (χ0) is 11.6. The lowest BCUT2D eigenvalue weighted by atomic mass is 10.1. The quantitative estimate of drug-likeness (QED) is 0.774. The van der Waals surface area contributed by atoms with E-state index < -0.39 is 9.84 Å². The molecule has 0 spiro atoms. The second kappa shape index (κ2) is 4.50. The fourth-order valence-electron chi connectivity index (χ4n) is 1.81. The van der Waals surface area contributed by atoms with Gasteiger partial charge in [-0.2, -0.15) is 5.10 Å². The average Bonchev–Trinajstić information content (AvgIpc) is 2.63. The van der Waals surface area contributed by atoms with Gasteiger partial charge in [-0.25, -0.2) is 13.4 Å². The molecule has 1 saturated heterocycles. The van der Waals surface area contributed by atoms with Gasteiger partial charge in [0.1, 0.15) is 22.0 Å². The highest BCUT2D eigenvalue weighted by molar-refractivity contribution is 7.91. The van der Waals surface area contributed by atoms with Crippen LogP contribution >= 0.6 is 0 Å². The summed E-state index contributed by atoms with van der Waals surface area (Å²) in [5, 5.41) is 7.29. The Morgan fingerprint density at radius 3 is 2.75 bits per heavy atom. The van der Waals surface area contributed by atoms with Gasteiger partial charge in [0.2, 0.25) is 0 Å². The molecule has 90 valence electrons. The second-order valence-electron chi connectivity index (χ2n) is 4.11. The van der Waals surface area contributed by atoms with Crippen LogP contribution in [0.4, 0.5) is 0 Å². The second-order valence-corrected chi connectivity index (χ2v) is 6.41. The highest BCUT2D eigenvalue weighted by Crippen LogP contribution is 2.12. The highest BCUT2D eigenvalue weighted by Gasteiger charge is 2.23. The summed E-state index contributed by atoms with van der Waals surface area (Å²) in [5.74, 6) is 1.46. The lowest BCUT2D eigenvalue weighted by molar-refractivity contribution is 0.451. The molecule has 0 bridgehead atoms. The SMILES string of the molecule is Cn1ncnc1CNC1CCS(=O)(=O)CC1. The summed E-state index contributed by atoms with van der Waals surface area (Å²) in [6.45, 7) is 0.640. The summed E-state index contributed by atoms with van der Waals surface area (Å²) in [6, 6.07) is 0.278. The van der Waals surface area contributed by atoms with Crippen molar-refractivity contribution in [2.75, 3.05) is 11.5 Å². The van der Waals surface area contributed by atoms with Gasteiger partial charge in [-0.15, -0.1) is 0 Å². The van der Waals surface area contributed by atoms with Gasteiger partial charge >= 0.3 is 0 Å². The molecule has 16 heavy (non-hydrogen) atoms. The molecule has 2 rings (SSSR count). The number of rotatable bonds is 3. The first-order valence-electron chi connectivity index (χ1n) is 5.33. The lowest BCUT2D eigenvalue weighted by Gasteiger charge is -2.22. The maximum absolute atomic E-state index is 11.2. The van der Waals surface area contributed by atoms with Crippen molar-refractivity contribution in [3.8, 4) is 0 Å². The summed E-state index contributed by atoms with van der Waals surface area (Å²) >= 11 is 0. The summed E-state index contributed by atoms with van der Waals surface area (Å²) in [4.78, 5) is 4.10. The van der Waals surface area contributed by atoms with E-state index in [1.54, 1.807) is 4.68 Å². The molecule has 6 nitrogen and oxygen atoms in total. The zero-order valence-electron chi connectivity index (χ0n) is 9.26. The van der Waals surface area contributed by atoms with Crippen molar-refractivity contribution in [2.45, 2.75) is 25.4 Å². The van der Waals surface area contributed by atoms with Crippen molar-refractivity contribution in [2.24, 2.45) is 7.05 Å². The fourth-order valence-corrected chi connectivity index (χ4v) is 3.30. The minimum atomic E-state index is -2.77. The summed E-state index contributed by atoms with van der Waals surface area (Å²) in [5.41, 5.74) is 0. The number of sulfone groups is 1. The van der Waals surface area contributed by atoms with Gasteiger partial charge in [0.05, 0.1) is 18.1 Å². The molecule has 7 heteroatoms. The molecule has 0 aromatic carbocycles. The van der Waals surface area contributed by atoms with Crippen molar-refractivity contribution >= 4 is 9.84 Å². The Morgan fingerprint density at radius 1 is 1.50 bits per heavy atom. The standard InChI is InChI=1S/C9H16N4O2S/c1-13-9(11-7-12-13)6-10-8-2-4-16(14,15)5-3-8/h7-8,10H,2-6H2,1H3. The van der Waals surface area contributed by atoms with Crippen LogP contribution < -0.4 is 5.32 Å². The molecule has 0 atom stereocenters. The highest BCUT2D eigenvalue weighted by atomic mass is 32.2. The third-order valence-corrected chi connectivity index (χ3v) is 4.62. The molecule has 0 aliphatic carbocycles. The van der Waals surface area contributed by atoms with Crippen molar-refractivity contribution < 1.29 is 8.42 Å². The van der Waals surface area contributed by atoms with Gasteiger partial charge in [0.15, 0.2) is 0 Å². The van der Waals surface area contributed by atoms with Gasteiger partial charge in [-0.05, 0) is 12.8 Å². The van der Waals surface area contributed by atoms with Crippen LogP contribution in [0.1, 0.15) is 18.7 Å². The van der Waals surface area contributed by atoms with Gasteiger partial charge in [-0.1, -0.05) is 0 Å². The van der Waals surface area contributed by atoms with Crippen LogP contribution in [0.5, 0.6) is 0 Å². The molecule has 2 heterocycles. The summed E-state index contributed by atoms with van der Waals surface area (Å²) < 4.78 is 24.2. The molecule has 0 unspecified atom stereocenters. The lowest BCUT2D eigenvalue weighted by Crippen LogP contribution is -2.37. The van der Waals surface area contributed by atoms with E-state index in [0.717, 1.165) is 5.82 Å². The topological polar surface area (TPSA) is 76.9 Å². The normalized spacial score (nSPS) is 21.1. The number of hydrogen-bond donors (Lipinski definition) is 1. The smallest absolute Gasteiger partial charge is 0.150 e. The van der Waals surface area contributed by atoms with E-state index in [1.165, 1.54) is 6.33 Å². The van der Waals surface area contributed by atoms with Crippen LogP contribution in [0.15, 0.2) is 6.33 Å². The monoisotopic (exact) mass is 244 g/mol. The van der Waals surface area contributed by atoms with Crippen LogP contribution in [0.25, 0.3) is 0 Å². The van der Waals surface area contributed by atoms with Crippen LogP contribution in [0, 0.1) is 0 Å². The summed E-state index contributed by atoms with van der Waals surface area (Å²) in [7, 11) is -0.927. The molecule has 1 N–H and O–H groups in total. The van der Waals surface area contributed by atoms with Crippen molar-refractivity contribution in [1.29, 1.82) is 0 Å². The molecular weight excluding hydrogens is 228 g/mol. The molecule has 1 aliphatic rings. The first-order valence-corrected chi connectivity index (χ1v) is 7.16. The van der Waals surface area contributed by atoms with Crippen molar-refractivity contribution in [1.82, 2.24) is 20.1 Å². The minimum Gasteiger partial charge on any atom is -0.307 e. The van der Waals surface area contributed by atoms with Gasteiger partial charge in [-0.3, -0.25) is 4.68 Å². The van der Waals surface area contributed by atoms with Crippen molar-refractivity contribution in [3.05, 3.63) is 12.2 Å². The Bertz CT molecular complexity index is 440. The molecule has 1 aromatic rings. The largest absolute Gasteiger partial charge is 0.307 e. The first kappa shape index (κ1) is 11.5. The Hall–Kier alpha value is -0.950. The van der Waals surface area contributed by atoms with Crippen LogP contribution in [0.3, 0.4) is 0 Å². The van der Waals surface area contributed by atoms with Crippen LogP contribution in [-0.4, -0.2) is 40.7 Å². The Labute approximate surface area is 95.0 Å². The molecule has 1 aromatic heterocycles. The number of nitrogens with zero attached hydrogens (tertiary/aromatic N) is 3. The van der Waals surface area contributed by atoms with E-state index in [4.69, 9.17) is 0 Å². The van der Waals surface area contributed by atoms with E-state index >= 15 is 0 Å². The van der Waals surface area contributed by atoms with Gasteiger partial charge in [0, 0.05) is 13.1 Å². The maximum atomic E-state index is 11.2. The van der Waals surface area contributed by atoms with Gasteiger partial charge < -0.3 is 5.32 Å². The average molecular weight is 244 g/mol. The molecule has 0 amide bonds. The van der Waals surface area contributed by atoms with E-state index in [1.807, 2.05) is 7.05 Å². The minimum absolute atomic E-state index is 0.278. The maximum Gasteiger partial charge on any atom is 0.150 e. The van der Waals surface area contributed by atoms with Gasteiger partial charge in [0.25, 0.3) is 0 Å². The van der Waals surface area contributed by atoms with Crippen LogP contribution in [0.2, 0.25) is 0 Å². The number of aromatic nitrogens is 3. The molecule has 1 aliphatic heterocycles. The van der Waals surface area contributed by atoms with E-state index in [0.29, 0.717) is 30.9 Å². The van der Waals surface area contributed by atoms with E-state index in [9.17, 15) is 8.42 Å². The zero-order valence-corrected chi connectivity index (χ0v) is 10.1. The molecular formula is C9H16N4O2S. The van der Waals surface area contributed by atoms with Crippen molar-refractivity contribution in [3.63, 3.8) is 0 Å². The number of hydrogen-bond acceptors (Lipinski definition) is 5. The Morgan fingerprint density at radius 2 is 2.19 bits per heavy atom. The predicted octanol–water partition coefficient (Wildman–Crippen LogP) is -0.518. The Kier molecular flexibility index (Phi) is 3.25. The third-order valence-electron chi connectivity index (χ3n) is 2.91. The third kappa shape index (κ3) is 2.79.